The van der Waals surface area contributed by atoms with Gasteiger partial charge in [0.15, 0.2) is 0 Å². The van der Waals surface area contributed by atoms with E-state index in [4.69, 9.17) is 9.47 Å². The van der Waals surface area contributed by atoms with E-state index >= 15 is 0 Å². The first-order chi connectivity index (χ1) is 6.70. The molecule has 1 aliphatic rings. The highest BCUT2D eigenvalue weighted by Gasteiger charge is 2.23. The largest absolute Gasteiger partial charge is 0.496 e. The second-order valence-electron chi connectivity index (χ2n) is 3.91. The Bertz CT molecular complexity index is 317. The molecule has 0 heterocycles. The second-order valence-corrected chi connectivity index (χ2v) is 3.91. The first kappa shape index (κ1) is 9.38. The fraction of sp³-hybridized carbons (Fsp3) is 0.500. The third kappa shape index (κ3) is 1.84. The molecular formula is C12H16O2. The van der Waals surface area contributed by atoms with E-state index in [1.165, 1.54) is 12.8 Å². The predicted molar refractivity (Wildman–Crippen MR) is 56.1 cm³/mol. The summed E-state index contributed by atoms with van der Waals surface area (Å²) in [5, 5.41) is 0. The molecule has 0 amide bonds. The summed E-state index contributed by atoms with van der Waals surface area (Å²) < 4.78 is 11.0. The molecule has 0 aliphatic heterocycles. The Morgan fingerprint density at radius 2 is 1.71 bits per heavy atom. The van der Waals surface area contributed by atoms with Gasteiger partial charge in [-0.2, -0.15) is 0 Å². The average molecular weight is 192 g/mol. The van der Waals surface area contributed by atoms with Gasteiger partial charge in [0.2, 0.25) is 0 Å². The molecule has 1 saturated carbocycles. The fourth-order valence-corrected chi connectivity index (χ4v) is 1.68. The van der Waals surface area contributed by atoms with Crippen LogP contribution in [0.25, 0.3) is 0 Å². The number of hydrogen-bond acceptors (Lipinski definition) is 2. The van der Waals surface area contributed by atoms with Gasteiger partial charge >= 0.3 is 0 Å². The van der Waals surface area contributed by atoms with E-state index in [9.17, 15) is 0 Å². The average Bonchev–Trinajstić information content (AvgIpc) is 2.87. The van der Waals surface area contributed by atoms with Crippen LogP contribution in [-0.2, 0) is 0 Å². The van der Waals surface area contributed by atoms with Gasteiger partial charge in [-0.3, -0.25) is 0 Å². The smallest absolute Gasteiger partial charge is 0.124 e. The van der Waals surface area contributed by atoms with Crippen LogP contribution < -0.4 is 9.47 Å². The normalized spacial score (nSPS) is 15.4. The molecule has 1 fully saturated rings. The molecule has 1 aromatic rings. The first-order valence-corrected chi connectivity index (χ1v) is 5.02. The van der Waals surface area contributed by atoms with E-state index in [2.05, 4.69) is 0 Å². The zero-order valence-electron chi connectivity index (χ0n) is 8.96. The van der Waals surface area contributed by atoms with Crippen LogP contribution in [0, 0.1) is 13.8 Å². The van der Waals surface area contributed by atoms with Crippen molar-refractivity contribution in [1.82, 2.24) is 0 Å². The van der Waals surface area contributed by atoms with Crippen molar-refractivity contribution in [1.29, 1.82) is 0 Å². The molecular weight excluding hydrogens is 176 g/mol. The minimum atomic E-state index is 0.460. The lowest BCUT2D eigenvalue weighted by atomic mass is 10.1. The summed E-state index contributed by atoms with van der Waals surface area (Å²) in [4.78, 5) is 0. The summed E-state index contributed by atoms with van der Waals surface area (Å²) in [6.07, 6.45) is 2.86. The zero-order chi connectivity index (χ0) is 10.1. The Kier molecular flexibility index (Phi) is 2.36. The maximum atomic E-state index is 5.73. The van der Waals surface area contributed by atoms with Crippen LogP contribution in [0.3, 0.4) is 0 Å². The molecule has 2 heteroatoms. The number of methoxy groups -OCH3 is 1. The number of benzene rings is 1. The van der Waals surface area contributed by atoms with E-state index in [1.807, 2.05) is 26.0 Å². The molecule has 76 valence electrons. The second kappa shape index (κ2) is 3.52. The highest BCUT2D eigenvalue weighted by atomic mass is 16.5. The summed E-state index contributed by atoms with van der Waals surface area (Å²) in [5.74, 6) is 1.94. The molecule has 0 saturated heterocycles. The van der Waals surface area contributed by atoms with E-state index in [0.29, 0.717) is 6.10 Å². The lowest BCUT2D eigenvalue weighted by Crippen LogP contribution is -1.98. The Morgan fingerprint density at radius 1 is 1.14 bits per heavy atom. The Balaban J connectivity index is 2.25. The Morgan fingerprint density at radius 3 is 2.14 bits per heavy atom. The maximum absolute atomic E-state index is 5.73. The number of hydrogen-bond donors (Lipinski definition) is 0. The number of ether oxygens (including phenoxy) is 2. The zero-order valence-corrected chi connectivity index (χ0v) is 8.96. The number of rotatable bonds is 3. The minimum Gasteiger partial charge on any atom is -0.496 e. The van der Waals surface area contributed by atoms with Crippen molar-refractivity contribution in [2.75, 3.05) is 7.11 Å². The molecule has 0 spiro atoms. The van der Waals surface area contributed by atoms with Gasteiger partial charge in [0.05, 0.1) is 13.2 Å². The van der Waals surface area contributed by atoms with Gasteiger partial charge in [0.1, 0.15) is 11.5 Å². The molecule has 0 radical (unpaired) electrons. The molecule has 0 bridgehead atoms. The predicted octanol–water partition coefficient (Wildman–Crippen LogP) is 2.85. The van der Waals surface area contributed by atoms with Crippen LogP contribution in [0.4, 0.5) is 0 Å². The van der Waals surface area contributed by atoms with Gasteiger partial charge in [-0.1, -0.05) is 0 Å². The van der Waals surface area contributed by atoms with Crippen LogP contribution in [-0.4, -0.2) is 13.2 Å². The van der Waals surface area contributed by atoms with Crippen LogP contribution in [0.15, 0.2) is 12.1 Å². The van der Waals surface area contributed by atoms with E-state index < -0.39 is 0 Å². The fourth-order valence-electron chi connectivity index (χ4n) is 1.68. The molecule has 1 aliphatic carbocycles. The maximum Gasteiger partial charge on any atom is 0.124 e. The van der Waals surface area contributed by atoms with E-state index in [-0.39, 0.29) is 0 Å². The van der Waals surface area contributed by atoms with E-state index in [0.717, 1.165) is 22.6 Å². The topological polar surface area (TPSA) is 18.5 Å². The van der Waals surface area contributed by atoms with Crippen molar-refractivity contribution in [3.63, 3.8) is 0 Å². The van der Waals surface area contributed by atoms with Gasteiger partial charge in [-0.05, 0) is 49.9 Å². The van der Waals surface area contributed by atoms with Gasteiger partial charge in [-0.25, -0.2) is 0 Å². The summed E-state index contributed by atoms with van der Waals surface area (Å²) in [6.45, 7) is 4.09. The molecule has 14 heavy (non-hydrogen) atoms. The summed E-state index contributed by atoms with van der Waals surface area (Å²) >= 11 is 0. The summed E-state index contributed by atoms with van der Waals surface area (Å²) in [6, 6.07) is 4.09. The van der Waals surface area contributed by atoms with Gasteiger partial charge in [0, 0.05) is 0 Å². The third-order valence-electron chi connectivity index (χ3n) is 2.47. The molecule has 0 atom stereocenters. The van der Waals surface area contributed by atoms with Gasteiger partial charge in [0.25, 0.3) is 0 Å². The van der Waals surface area contributed by atoms with Crippen molar-refractivity contribution in [2.45, 2.75) is 32.8 Å². The lowest BCUT2D eigenvalue weighted by molar-refractivity contribution is 0.302. The summed E-state index contributed by atoms with van der Waals surface area (Å²) in [5.41, 5.74) is 2.28. The van der Waals surface area contributed by atoms with E-state index in [1.54, 1.807) is 7.11 Å². The molecule has 0 N–H and O–H groups in total. The molecule has 1 aromatic carbocycles. The van der Waals surface area contributed by atoms with Crippen LogP contribution in [0.1, 0.15) is 24.0 Å². The standard InChI is InChI=1S/C12H16O2/c1-8-6-11(14-10-4-5-10)7-9(2)12(8)13-3/h6-7,10H,4-5H2,1-3H3. The van der Waals surface area contributed by atoms with Gasteiger partial charge in [-0.15, -0.1) is 0 Å². The molecule has 0 unspecified atom stereocenters. The highest BCUT2D eigenvalue weighted by Crippen LogP contribution is 2.32. The molecule has 2 nitrogen and oxygen atoms in total. The molecule has 2 rings (SSSR count). The quantitative estimate of drug-likeness (QED) is 0.733. The Labute approximate surface area is 84.8 Å². The monoisotopic (exact) mass is 192 g/mol. The number of aryl methyl sites for hydroxylation is 2. The van der Waals surface area contributed by atoms with Crippen LogP contribution in [0.5, 0.6) is 11.5 Å². The van der Waals surface area contributed by atoms with Crippen molar-refractivity contribution < 1.29 is 9.47 Å². The van der Waals surface area contributed by atoms with Crippen LogP contribution in [0.2, 0.25) is 0 Å². The Hall–Kier alpha value is -1.18. The highest BCUT2D eigenvalue weighted by molar-refractivity contribution is 5.46. The van der Waals surface area contributed by atoms with Crippen molar-refractivity contribution in [3.05, 3.63) is 23.3 Å². The molecule has 0 aromatic heterocycles. The SMILES string of the molecule is COc1c(C)cc(OC2CC2)cc1C. The third-order valence-corrected chi connectivity index (χ3v) is 2.47. The first-order valence-electron chi connectivity index (χ1n) is 5.02. The van der Waals surface area contributed by atoms with Crippen molar-refractivity contribution in [3.8, 4) is 11.5 Å². The van der Waals surface area contributed by atoms with Crippen LogP contribution >= 0.6 is 0 Å². The lowest BCUT2D eigenvalue weighted by Gasteiger charge is -2.11. The van der Waals surface area contributed by atoms with Crippen molar-refractivity contribution >= 4 is 0 Å². The van der Waals surface area contributed by atoms with Gasteiger partial charge < -0.3 is 9.47 Å². The minimum absolute atomic E-state index is 0.460. The summed E-state index contributed by atoms with van der Waals surface area (Å²) in [7, 11) is 1.71. The van der Waals surface area contributed by atoms with Crippen molar-refractivity contribution in [2.24, 2.45) is 0 Å².